The molecule has 24 heavy (non-hydrogen) atoms. The SMILES string of the molecule is COC1Cc2[nH]c(=S)n(CCN(C)C)c(=O)c2C=C1c1cnco1. The standard InChI is InChI=1S/C16H20N4O3S/c1-19(2)4-5-20-15(21)10-6-11(14-8-17-9-23-14)13(22-3)7-12(10)18-16(20)24/h6,8-9,13H,4-5,7H2,1-3H3,(H,18,24). The van der Waals surface area contributed by atoms with Crippen molar-refractivity contribution in [3.63, 3.8) is 0 Å². The number of ether oxygens (including phenoxy) is 1. The molecule has 7 nitrogen and oxygen atoms in total. The van der Waals surface area contributed by atoms with E-state index in [1.807, 2.05) is 25.1 Å². The summed E-state index contributed by atoms with van der Waals surface area (Å²) in [5.41, 5.74) is 2.11. The Kier molecular flexibility index (Phi) is 4.79. The Bertz CT molecular complexity index is 864. The van der Waals surface area contributed by atoms with Gasteiger partial charge in [0.1, 0.15) is 0 Å². The minimum absolute atomic E-state index is 0.0952. The summed E-state index contributed by atoms with van der Waals surface area (Å²) in [7, 11) is 5.55. The molecule has 8 heteroatoms. The van der Waals surface area contributed by atoms with Gasteiger partial charge in [0.2, 0.25) is 0 Å². The Morgan fingerprint density at radius 3 is 2.96 bits per heavy atom. The molecule has 0 radical (unpaired) electrons. The normalized spacial score (nSPS) is 17.0. The van der Waals surface area contributed by atoms with E-state index in [-0.39, 0.29) is 11.7 Å². The highest BCUT2D eigenvalue weighted by Crippen LogP contribution is 2.29. The van der Waals surface area contributed by atoms with E-state index in [4.69, 9.17) is 21.4 Å². The van der Waals surface area contributed by atoms with Gasteiger partial charge >= 0.3 is 0 Å². The second-order valence-corrected chi connectivity index (χ2v) is 6.36. The maximum Gasteiger partial charge on any atom is 0.261 e. The first-order valence-electron chi connectivity index (χ1n) is 7.65. The molecule has 0 saturated heterocycles. The molecular formula is C16H20N4O3S. The molecule has 1 aliphatic rings. The Morgan fingerprint density at radius 1 is 1.54 bits per heavy atom. The molecule has 0 saturated carbocycles. The highest BCUT2D eigenvalue weighted by atomic mass is 32.1. The molecular weight excluding hydrogens is 328 g/mol. The van der Waals surface area contributed by atoms with E-state index >= 15 is 0 Å². The fourth-order valence-electron chi connectivity index (χ4n) is 2.79. The molecule has 2 aromatic heterocycles. The molecule has 3 rings (SSSR count). The molecule has 1 aliphatic carbocycles. The molecule has 0 amide bonds. The molecule has 2 heterocycles. The number of oxazole rings is 1. The highest BCUT2D eigenvalue weighted by Gasteiger charge is 2.27. The summed E-state index contributed by atoms with van der Waals surface area (Å²) in [5, 5.41) is 0. The second-order valence-electron chi connectivity index (χ2n) is 5.98. The Balaban J connectivity index is 2.10. The van der Waals surface area contributed by atoms with E-state index in [0.717, 1.165) is 17.8 Å². The van der Waals surface area contributed by atoms with Crippen molar-refractivity contribution in [2.24, 2.45) is 0 Å². The van der Waals surface area contributed by atoms with Crippen molar-refractivity contribution in [2.45, 2.75) is 19.1 Å². The van der Waals surface area contributed by atoms with Crippen LogP contribution < -0.4 is 5.56 Å². The fraction of sp³-hybridized carbons (Fsp3) is 0.438. The third kappa shape index (κ3) is 3.12. The molecule has 1 unspecified atom stereocenters. The maximum atomic E-state index is 12.9. The molecule has 0 fully saturated rings. The first-order valence-corrected chi connectivity index (χ1v) is 8.06. The minimum Gasteiger partial charge on any atom is -0.444 e. The third-order valence-electron chi connectivity index (χ3n) is 4.11. The number of hydrogen-bond donors (Lipinski definition) is 1. The lowest BCUT2D eigenvalue weighted by molar-refractivity contribution is 0.146. The van der Waals surface area contributed by atoms with Gasteiger partial charge in [-0.1, -0.05) is 0 Å². The van der Waals surface area contributed by atoms with Gasteiger partial charge in [-0.2, -0.15) is 0 Å². The van der Waals surface area contributed by atoms with Crippen molar-refractivity contribution < 1.29 is 9.15 Å². The van der Waals surface area contributed by atoms with Crippen molar-refractivity contribution >= 4 is 23.9 Å². The van der Waals surface area contributed by atoms with Gasteiger partial charge in [-0.3, -0.25) is 9.36 Å². The lowest BCUT2D eigenvalue weighted by Gasteiger charge is -2.24. The summed E-state index contributed by atoms with van der Waals surface area (Å²) in [6.45, 7) is 1.27. The number of nitrogens with zero attached hydrogens (tertiary/aromatic N) is 3. The van der Waals surface area contributed by atoms with Gasteiger partial charge in [0, 0.05) is 37.9 Å². The molecule has 1 N–H and O–H groups in total. The van der Waals surface area contributed by atoms with Crippen molar-refractivity contribution in [2.75, 3.05) is 27.7 Å². The molecule has 0 bridgehead atoms. The number of H-pyrrole nitrogens is 1. The number of rotatable bonds is 5. The number of aromatic nitrogens is 3. The minimum atomic E-state index is -0.215. The van der Waals surface area contributed by atoms with Crippen LogP contribution in [0.1, 0.15) is 17.0 Å². The zero-order chi connectivity index (χ0) is 17.3. The van der Waals surface area contributed by atoms with E-state index in [1.165, 1.54) is 6.39 Å². The Labute approximate surface area is 144 Å². The first kappa shape index (κ1) is 16.8. The molecule has 0 aromatic carbocycles. The molecule has 2 aromatic rings. The number of likely N-dealkylation sites (N-methyl/N-ethyl adjacent to an activating group) is 1. The Hall–Kier alpha value is -2.03. The fourth-order valence-corrected chi connectivity index (χ4v) is 3.08. The van der Waals surface area contributed by atoms with E-state index in [9.17, 15) is 4.79 Å². The van der Waals surface area contributed by atoms with Gasteiger partial charge < -0.3 is 19.0 Å². The van der Waals surface area contributed by atoms with Crippen molar-refractivity contribution in [3.05, 3.63) is 44.7 Å². The van der Waals surface area contributed by atoms with Crippen LogP contribution in [-0.4, -0.2) is 53.3 Å². The topological polar surface area (TPSA) is 76.3 Å². The molecule has 0 aliphatic heterocycles. The van der Waals surface area contributed by atoms with Gasteiger partial charge in [0.05, 0.1) is 17.9 Å². The summed E-state index contributed by atoms with van der Waals surface area (Å²) in [6.07, 6.45) is 5.12. The summed E-state index contributed by atoms with van der Waals surface area (Å²) < 4.78 is 13.0. The zero-order valence-corrected chi connectivity index (χ0v) is 14.7. The summed E-state index contributed by atoms with van der Waals surface area (Å²) in [5.74, 6) is 0.606. The number of methoxy groups -OCH3 is 1. The molecule has 0 spiro atoms. The van der Waals surface area contributed by atoms with Crippen molar-refractivity contribution in [1.29, 1.82) is 0 Å². The van der Waals surface area contributed by atoms with Crippen LogP contribution in [0.15, 0.2) is 21.8 Å². The van der Waals surface area contributed by atoms with Gasteiger partial charge in [-0.25, -0.2) is 4.98 Å². The number of nitrogens with one attached hydrogen (secondary N) is 1. The lowest BCUT2D eigenvalue weighted by Crippen LogP contribution is -2.33. The first-order chi connectivity index (χ1) is 11.5. The quantitative estimate of drug-likeness (QED) is 0.827. The second kappa shape index (κ2) is 6.84. The largest absolute Gasteiger partial charge is 0.444 e. The summed E-state index contributed by atoms with van der Waals surface area (Å²) >= 11 is 5.36. The monoisotopic (exact) mass is 348 g/mol. The highest BCUT2D eigenvalue weighted by molar-refractivity contribution is 7.71. The third-order valence-corrected chi connectivity index (χ3v) is 4.43. The van der Waals surface area contributed by atoms with E-state index in [2.05, 4.69) is 9.97 Å². The zero-order valence-electron chi connectivity index (χ0n) is 13.9. The molecule has 1 atom stereocenters. The van der Waals surface area contributed by atoms with Crippen LogP contribution in [0, 0.1) is 4.77 Å². The predicted molar refractivity (Wildman–Crippen MR) is 93.3 cm³/mol. The lowest BCUT2D eigenvalue weighted by atomic mass is 9.93. The van der Waals surface area contributed by atoms with Crippen LogP contribution in [0.4, 0.5) is 0 Å². The average molecular weight is 348 g/mol. The van der Waals surface area contributed by atoms with Crippen molar-refractivity contribution in [3.8, 4) is 0 Å². The number of aromatic amines is 1. The predicted octanol–water partition coefficient (Wildman–Crippen LogP) is 1.57. The molecule has 128 valence electrons. The number of hydrogen-bond acceptors (Lipinski definition) is 6. The van der Waals surface area contributed by atoms with Crippen LogP contribution in [-0.2, 0) is 17.7 Å². The Morgan fingerprint density at radius 2 is 2.33 bits per heavy atom. The summed E-state index contributed by atoms with van der Waals surface area (Å²) in [4.78, 5) is 22.0. The van der Waals surface area contributed by atoms with Gasteiger partial charge in [-0.05, 0) is 32.4 Å². The van der Waals surface area contributed by atoms with Crippen LogP contribution in [0.2, 0.25) is 0 Å². The van der Waals surface area contributed by atoms with Gasteiger partial charge in [0.15, 0.2) is 16.9 Å². The maximum absolute atomic E-state index is 12.9. The van der Waals surface area contributed by atoms with E-state index in [1.54, 1.807) is 17.9 Å². The summed E-state index contributed by atoms with van der Waals surface area (Å²) in [6, 6.07) is 0. The van der Waals surface area contributed by atoms with Crippen molar-refractivity contribution in [1.82, 2.24) is 19.4 Å². The average Bonchev–Trinajstić information content (AvgIpc) is 3.07. The van der Waals surface area contributed by atoms with Crippen LogP contribution in [0.3, 0.4) is 0 Å². The van der Waals surface area contributed by atoms with Crippen LogP contribution in [0.5, 0.6) is 0 Å². The number of fused-ring (bicyclic) bond motifs is 1. The smallest absolute Gasteiger partial charge is 0.261 e. The van der Waals surface area contributed by atoms with Crippen LogP contribution >= 0.6 is 12.2 Å². The van der Waals surface area contributed by atoms with E-state index < -0.39 is 0 Å². The van der Waals surface area contributed by atoms with Gasteiger partial charge in [0.25, 0.3) is 5.56 Å². The van der Waals surface area contributed by atoms with Gasteiger partial charge in [-0.15, -0.1) is 0 Å². The van der Waals surface area contributed by atoms with E-state index in [0.29, 0.717) is 29.1 Å². The van der Waals surface area contributed by atoms with Crippen LogP contribution in [0.25, 0.3) is 11.6 Å².